The molecule has 2 N–H and O–H groups in total. The predicted octanol–water partition coefficient (Wildman–Crippen LogP) is 2.23. The highest BCUT2D eigenvalue weighted by molar-refractivity contribution is 5.55. The van der Waals surface area contributed by atoms with Crippen molar-refractivity contribution >= 4 is 11.4 Å². The lowest BCUT2D eigenvalue weighted by Crippen LogP contribution is -2.32. The zero-order valence-corrected chi connectivity index (χ0v) is 12.3. The highest BCUT2D eigenvalue weighted by Gasteiger charge is 2.15. The molecule has 0 fully saturated rings. The second kappa shape index (κ2) is 7.81. The standard InChI is InChI=1S/C14H23N3O3/c1-11(2)16(7-4-8-18)10-12-9-13(17(19)20)5-6-14(12)15-3/h5-6,9,11,15,18H,4,7-8,10H2,1-3H3. The second-order valence-corrected chi connectivity index (χ2v) is 4.99. The lowest BCUT2D eigenvalue weighted by atomic mass is 10.1. The molecule has 0 saturated carbocycles. The molecule has 20 heavy (non-hydrogen) atoms. The van der Waals surface area contributed by atoms with Gasteiger partial charge in [-0.3, -0.25) is 15.0 Å². The molecule has 6 heteroatoms. The van der Waals surface area contributed by atoms with E-state index < -0.39 is 0 Å². The van der Waals surface area contributed by atoms with Crippen molar-refractivity contribution in [2.45, 2.75) is 32.9 Å². The van der Waals surface area contributed by atoms with E-state index in [0.717, 1.165) is 17.8 Å². The molecule has 0 heterocycles. The molecule has 1 aromatic carbocycles. The van der Waals surface area contributed by atoms with Crippen molar-refractivity contribution in [1.82, 2.24) is 4.90 Å². The van der Waals surface area contributed by atoms with Gasteiger partial charge in [0.05, 0.1) is 4.92 Å². The molecular formula is C14H23N3O3. The van der Waals surface area contributed by atoms with E-state index in [1.807, 2.05) is 0 Å². The SMILES string of the molecule is CNc1ccc([N+](=O)[O-])cc1CN(CCCO)C(C)C. The zero-order valence-electron chi connectivity index (χ0n) is 12.3. The van der Waals surface area contributed by atoms with E-state index in [9.17, 15) is 10.1 Å². The fourth-order valence-electron chi connectivity index (χ4n) is 2.08. The third-order valence-electron chi connectivity index (χ3n) is 3.28. The number of non-ortho nitro benzene ring substituents is 1. The molecule has 0 radical (unpaired) electrons. The number of aliphatic hydroxyl groups is 1. The minimum absolute atomic E-state index is 0.102. The second-order valence-electron chi connectivity index (χ2n) is 4.99. The highest BCUT2D eigenvalue weighted by Crippen LogP contribution is 2.24. The summed E-state index contributed by atoms with van der Waals surface area (Å²) >= 11 is 0. The van der Waals surface area contributed by atoms with Gasteiger partial charge in [0.2, 0.25) is 0 Å². The van der Waals surface area contributed by atoms with Crippen LogP contribution in [0, 0.1) is 10.1 Å². The largest absolute Gasteiger partial charge is 0.396 e. The van der Waals surface area contributed by atoms with Gasteiger partial charge in [0.15, 0.2) is 0 Å². The first-order valence-electron chi connectivity index (χ1n) is 6.79. The number of benzene rings is 1. The molecule has 0 atom stereocenters. The predicted molar refractivity (Wildman–Crippen MR) is 79.9 cm³/mol. The van der Waals surface area contributed by atoms with Crippen molar-refractivity contribution in [3.05, 3.63) is 33.9 Å². The van der Waals surface area contributed by atoms with Gasteiger partial charge in [0.1, 0.15) is 0 Å². The molecule has 0 saturated heterocycles. The fourth-order valence-corrected chi connectivity index (χ4v) is 2.08. The van der Waals surface area contributed by atoms with Gasteiger partial charge in [-0.25, -0.2) is 0 Å². The number of nitro benzene ring substituents is 1. The summed E-state index contributed by atoms with van der Waals surface area (Å²) < 4.78 is 0. The van der Waals surface area contributed by atoms with Gasteiger partial charge >= 0.3 is 0 Å². The van der Waals surface area contributed by atoms with Gasteiger partial charge in [-0.05, 0) is 31.9 Å². The average Bonchev–Trinajstić information content (AvgIpc) is 2.42. The number of rotatable bonds is 8. The topological polar surface area (TPSA) is 78.6 Å². The van der Waals surface area contributed by atoms with E-state index in [2.05, 4.69) is 24.1 Å². The minimum Gasteiger partial charge on any atom is -0.396 e. The molecule has 0 bridgehead atoms. The van der Waals surface area contributed by atoms with Crippen LogP contribution in [0.2, 0.25) is 0 Å². The van der Waals surface area contributed by atoms with Crippen molar-refractivity contribution in [1.29, 1.82) is 0 Å². The Hall–Kier alpha value is -1.66. The Kier molecular flexibility index (Phi) is 6.41. The number of hydrogen-bond donors (Lipinski definition) is 2. The summed E-state index contributed by atoms with van der Waals surface area (Å²) in [6, 6.07) is 5.16. The Bertz CT molecular complexity index is 449. The van der Waals surface area contributed by atoms with Crippen LogP contribution in [-0.4, -0.2) is 41.2 Å². The fraction of sp³-hybridized carbons (Fsp3) is 0.571. The maximum Gasteiger partial charge on any atom is 0.269 e. The van der Waals surface area contributed by atoms with Gasteiger partial charge in [-0.15, -0.1) is 0 Å². The number of aliphatic hydroxyl groups excluding tert-OH is 1. The zero-order chi connectivity index (χ0) is 15.1. The quantitative estimate of drug-likeness (QED) is 0.564. The summed E-state index contributed by atoms with van der Waals surface area (Å²) in [5.41, 5.74) is 1.89. The molecule has 0 amide bonds. The van der Waals surface area contributed by atoms with E-state index >= 15 is 0 Å². The van der Waals surface area contributed by atoms with E-state index in [1.165, 1.54) is 6.07 Å². The first-order chi connectivity index (χ1) is 9.49. The number of nitrogens with zero attached hydrogens (tertiary/aromatic N) is 2. The molecule has 0 aromatic heterocycles. The van der Waals surface area contributed by atoms with Crippen molar-refractivity contribution in [3.8, 4) is 0 Å². The maximum atomic E-state index is 10.9. The van der Waals surface area contributed by atoms with Crippen LogP contribution in [0.3, 0.4) is 0 Å². The summed E-state index contributed by atoms with van der Waals surface area (Å²) in [5, 5.41) is 22.9. The van der Waals surface area contributed by atoms with Crippen LogP contribution in [0.15, 0.2) is 18.2 Å². The van der Waals surface area contributed by atoms with Crippen LogP contribution in [0.25, 0.3) is 0 Å². The first kappa shape index (κ1) is 16.4. The number of anilines is 1. The summed E-state index contributed by atoms with van der Waals surface area (Å²) in [6.07, 6.45) is 0.696. The third kappa shape index (κ3) is 4.47. The van der Waals surface area contributed by atoms with Crippen LogP contribution in [0.4, 0.5) is 11.4 Å². The van der Waals surface area contributed by atoms with Gasteiger partial charge < -0.3 is 10.4 Å². The molecule has 0 aliphatic rings. The van der Waals surface area contributed by atoms with Crippen LogP contribution in [0.5, 0.6) is 0 Å². The van der Waals surface area contributed by atoms with Crippen molar-refractivity contribution in [2.75, 3.05) is 25.5 Å². The molecule has 0 unspecified atom stereocenters. The van der Waals surface area contributed by atoms with Crippen molar-refractivity contribution in [3.63, 3.8) is 0 Å². The van der Waals surface area contributed by atoms with Crippen LogP contribution >= 0.6 is 0 Å². The smallest absolute Gasteiger partial charge is 0.269 e. The lowest BCUT2D eigenvalue weighted by molar-refractivity contribution is -0.384. The first-order valence-corrected chi connectivity index (χ1v) is 6.79. The summed E-state index contributed by atoms with van der Waals surface area (Å²) in [5.74, 6) is 0. The number of hydrogen-bond acceptors (Lipinski definition) is 5. The van der Waals surface area contributed by atoms with Crippen LogP contribution < -0.4 is 5.32 Å². The third-order valence-corrected chi connectivity index (χ3v) is 3.28. The van der Waals surface area contributed by atoms with E-state index in [0.29, 0.717) is 19.0 Å². The van der Waals surface area contributed by atoms with E-state index in [-0.39, 0.29) is 17.2 Å². The van der Waals surface area contributed by atoms with Gasteiger partial charge in [-0.2, -0.15) is 0 Å². The minimum atomic E-state index is -0.379. The van der Waals surface area contributed by atoms with Gasteiger partial charge in [0.25, 0.3) is 5.69 Å². The molecule has 0 aliphatic heterocycles. The molecule has 0 aliphatic carbocycles. The van der Waals surface area contributed by atoms with E-state index in [4.69, 9.17) is 5.11 Å². The Morgan fingerprint density at radius 1 is 1.45 bits per heavy atom. The Morgan fingerprint density at radius 3 is 2.65 bits per heavy atom. The molecule has 112 valence electrons. The van der Waals surface area contributed by atoms with Crippen LogP contribution in [0.1, 0.15) is 25.8 Å². The summed E-state index contributed by atoms with van der Waals surface area (Å²) in [7, 11) is 1.80. The summed E-state index contributed by atoms with van der Waals surface area (Å²) in [4.78, 5) is 12.7. The number of nitrogens with one attached hydrogen (secondary N) is 1. The molecule has 1 aromatic rings. The maximum absolute atomic E-state index is 10.9. The van der Waals surface area contributed by atoms with Gasteiger partial charge in [0, 0.05) is 50.6 Å². The average molecular weight is 281 g/mol. The van der Waals surface area contributed by atoms with Gasteiger partial charge in [-0.1, -0.05) is 0 Å². The Balaban J connectivity index is 2.96. The monoisotopic (exact) mass is 281 g/mol. The molecular weight excluding hydrogens is 258 g/mol. The highest BCUT2D eigenvalue weighted by atomic mass is 16.6. The van der Waals surface area contributed by atoms with E-state index in [1.54, 1.807) is 19.2 Å². The lowest BCUT2D eigenvalue weighted by Gasteiger charge is -2.27. The van der Waals surface area contributed by atoms with Crippen LogP contribution in [-0.2, 0) is 6.54 Å². The normalized spacial score (nSPS) is 11.1. The Labute approximate surface area is 119 Å². The molecule has 6 nitrogen and oxygen atoms in total. The van der Waals surface area contributed by atoms with Crippen molar-refractivity contribution < 1.29 is 10.0 Å². The summed E-state index contributed by atoms with van der Waals surface area (Å²) in [6.45, 7) is 5.69. The molecule has 0 spiro atoms. The molecule has 1 rings (SSSR count). The Morgan fingerprint density at radius 2 is 2.15 bits per heavy atom. The number of nitro groups is 1. The van der Waals surface area contributed by atoms with Crippen molar-refractivity contribution in [2.24, 2.45) is 0 Å².